The summed E-state index contributed by atoms with van der Waals surface area (Å²) in [6, 6.07) is 13.9. The Hall–Kier alpha value is -3.35. The van der Waals surface area contributed by atoms with Gasteiger partial charge in [-0.15, -0.1) is 0 Å². The first-order valence-electron chi connectivity index (χ1n) is 9.61. The average molecular weight is 393 g/mol. The van der Waals surface area contributed by atoms with E-state index in [-0.39, 0.29) is 5.60 Å². The van der Waals surface area contributed by atoms with Crippen LogP contribution in [0.1, 0.15) is 31.9 Å². The zero-order chi connectivity index (χ0) is 20.7. The van der Waals surface area contributed by atoms with Crippen molar-refractivity contribution in [2.24, 2.45) is 4.99 Å². The number of hydrogen-bond acceptors (Lipinski definition) is 4. The monoisotopic (exact) mass is 392 g/mol. The molecule has 0 bridgehead atoms. The SMILES string of the molecule is CN=C(NCc1ccnc(-n2cccn2)c1)NCc1ccccc1OC(C)(C)C. The quantitative estimate of drug-likeness (QED) is 0.497. The standard InChI is InChI=1S/C22H28N6O/c1-22(2,3)29-19-9-6-5-8-18(19)16-26-21(23-4)25-15-17-10-12-24-20(14-17)28-13-7-11-27-28/h5-14H,15-16H2,1-4H3,(H2,23,25,26). The molecular weight excluding hydrogens is 364 g/mol. The van der Waals surface area contributed by atoms with Gasteiger partial charge in [-0.05, 0) is 50.6 Å². The zero-order valence-corrected chi connectivity index (χ0v) is 17.4. The van der Waals surface area contributed by atoms with E-state index in [4.69, 9.17) is 4.74 Å². The lowest BCUT2D eigenvalue weighted by Gasteiger charge is -2.23. The number of ether oxygens (including phenoxy) is 1. The third-order valence-electron chi connectivity index (χ3n) is 4.07. The molecule has 3 rings (SSSR count). The van der Waals surface area contributed by atoms with Gasteiger partial charge in [0, 0.05) is 44.3 Å². The number of rotatable bonds is 6. The molecular formula is C22H28N6O. The maximum Gasteiger partial charge on any atom is 0.191 e. The fraction of sp³-hybridized carbons (Fsp3) is 0.318. The molecule has 152 valence electrons. The first kappa shape index (κ1) is 20.4. The number of nitrogens with zero attached hydrogens (tertiary/aromatic N) is 4. The van der Waals surface area contributed by atoms with Crippen LogP contribution in [0.15, 0.2) is 66.0 Å². The Bertz CT molecular complexity index is 944. The van der Waals surface area contributed by atoms with Crippen LogP contribution in [0.3, 0.4) is 0 Å². The number of guanidine groups is 1. The zero-order valence-electron chi connectivity index (χ0n) is 17.4. The van der Waals surface area contributed by atoms with Crippen LogP contribution in [0.2, 0.25) is 0 Å². The van der Waals surface area contributed by atoms with Gasteiger partial charge in [-0.1, -0.05) is 18.2 Å². The Morgan fingerprint density at radius 1 is 1.07 bits per heavy atom. The van der Waals surface area contributed by atoms with Crippen molar-refractivity contribution in [1.82, 2.24) is 25.4 Å². The van der Waals surface area contributed by atoms with Gasteiger partial charge in [-0.2, -0.15) is 5.10 Å². The van der Waals surface area contributed by atoms with E-state index >= 15 is 0 Å². The Balaban J connectivity index is 1.59. The molecule has 0 saturated carbocycles. The molecule has 0 atom stereocenters. The lowest BCUT2D eigenvalue weighted by atomic mass is 10.1. The van der Waals surface area contributed by atoms with Gasteiger partial charge in [-0.25, -0.2) is 9.67 Å². The number of nitrogens with one attached hydrogen (secondary N) is 2. The van der Waals surface area contributed by atoms with Crippen LogP contribution in [0.4, 0.5) is 0 Å². The summed E-state index contributed by atoms with van der Waals surface area (Å²) in [7, 11) is 1.76. The van der Waals surface area contributed by atoms with Crippen molar-refractivity contribution in [3.05, 3.63) is 72.2 Å². The predicted molar refractivity (Wildman–Crippen MR) is 115 cm³/mol. The Labute approximate surface area is 171 Å². The molecule has 3 aromatic rings. The number of para-hydroxylation sites is 1. The van der Waals surface area contributed by atoms with Crippen molar-refractivity contribution < 1.29 is 4.74 Å². The summed E-state index contributed by atoms with van der Waals surface area (Å²) in [5, 5.41) is 10.9. The van der Waals surface area contributed by atoms with Crippen molar-refractivity contribution in [3.63, 3.8) is 0 Å². The topological polar surface area (TPSA) is 76.4 Å². The third kappa shape index (κ3) is 6.07. The molecule has 2 aromatic heterocycles. The molecule has 0 fully saturated rings. The highest BCUT2D eigenvalue weighted by Gasteiger charge is 2.14. The number of benzene rings is 1. The highest BCUT2D eigenvalue weighted by Crippen LogP contribution is 2.22. The minimum absolute atomic E-state index is 0.246. The molecule has 1 aromatic carbocycles. The highest BCUT2D eigenvalue weighted by molar-refractivity contribution is 5.79. The molecule has 0 unspecified atom stereocenters. The van der Waals surface area contributed by atoms with Crippen LogP contribution in [-0.4, -0.2) is 33.4 Å². The Morgan fingerprint density at radius 2 is 1.86 bits per heavy atom. The number of aliphatic imine (C=N–C) groups is 1. The van der Waals surface area contributed by atoms with E-state index in [1.807, 2.05) is 63.4 Å². The van der Waals surface area contributed by atoms with Crippen molar-refractivity contribution >= 4 is 5.96 Å². The van der Waals surface area contributed by atoms with Gasteiger partial charge in [0.1, 0.15) is 11.4 Å². The second kappa shape index (κ2) is 9.23. The van der Waals surface area contributed by atoms with Crippen molar-refractivity contribution in [3.8, 4) is 11.6 Å². The van der Waals surface area contributed by atoms with E-state index in [1.54, 1.807) is 24.1 Å². The largest absolute Gasteiger partial charge is 0.488 e. The highest BCUT2D eigenvalue weighted by atomic mass is 16.5. The predicted octanol–water partition coefficient (Wildman–Crippen LogP) is 3.31. The second-order valence-corrected chi connectivity index (χ2v) is 7.57. The summed E-state index contributed by atoms with van der Waals surface area (Å²) in [5.41, 5.74) is 1.92. The molecule has 2 heterocycles. The van der Waals surface area contributed by atoms with Gasteiger partial charge in [0.25, 0.3) is 0 Å². The smallest absolute Gasteiger partial charge is 0.191 e. The summed E-state index contributed by atoms with van der Waals surface area (Å²) in [6.07, 6.45) is 5.39. The van der Waals surface area contributed by atoms with Crippen LogP contribution < -0.4 is 15.4 Å². The molecule has 0 spiro atoms. The van der Waals surface area contributed by atoms with E-state index in [1.165, 1.54) is 0 Å². The van der Waals surface area contributed by atoms with E-state index in [0.29, 0.717) is 19.0 Å². The number of pyridine rings is 1. The summed E-state index contributed by atoms with van der Waals surface area (Å²) < 4.78 is 7.80. The number of aromatic nitrogens is 3. The molecule has 0 radical (unpaired) electrons. The summed E-state index contributed by atoms with van der Waals surface area (Å²) in [6.45, 7) is 7.37. The molecule has 7 heteroatoms. The molecule has 0 aliphatic carbocycles. The molecule has 7 nitrogen and oxygen atoms in total. The minimum atomic E-state index is -0.246. The minimum Gasteiger partial charge on any atom is -0.488 e. The van der Waals surface area contributed by atoms with Crippen LogP contribution in [-0.2, 0) is 13.1 Å². The van der Waals surface area contributed by atoms with Gasteiger partial charge in [0.2, 0.25) is 0 Å². The van der Waals surface area contributed by atoms with Gasteiger partial charge in [0.15, 0.2) is 11.8 Å². The van der Waals surface area contributed by atoms with E-state index in [0.717, 1.165) is 22.7 Å². The van der Waals surface area contributed by atoms with E-state index in [2.05, 4.69) is 31.8 Å². The molecule has 0 saturated heterocycles. The summed E-state index contributed by atoms with van der Waals surface area (Å²) >= 11 is 0. The van der Waals surface area contributed by atoms with Crippen molar-refractivity contribution in [2.75, 3.05) is 7.05 Å². The Morgan fingerprint density at radius 3 is 2.59 bits per heavy atom. The molecule has 0 aliphatic heterocycles. The lowest BCUT2D eigenvalue weighted by Crippen LogP contribution is -2.36. The third-order valence-corrected chi connectivity index (χ3v) is 4.07. The Kier molecular flexibility index (Phi) is 6.49. The van der Waals surface area contributed by atoms with Gasteiger partial charge >= 0.3 is 0 Å². The van der Waals surface area contributed by atoms with Crippen LogP contribution in [0.5, 0.6) is 5.75 Å². The van der Waals surface area contributed by atoms with E-state index < -0.39 is 0 Å². The maximum atomic E-state index is 6.06. The first-order chi connectivity index (χ1) is 13.9. The van der Waals surface area contributed by atoms with Gasteiger partial charge < -0.3 is 15.4 Å². The van der Waals surface area contributed by atoms with E-state index in [9.17, 15) is 0 Å². The van der Waals surface area contributed by atoms with Gasteiger partial charge in [0.05, 0.1) is 0 Å². The molecule has 29 heavy (non-hydrogen) atoms. The number of hydrogen-bond donors (Lipinski definition) is 2. The molecule has 0 amide bonds. The second-order valence-electron chi connectivity index (χ2n) is 7.57. The fourth-order valence-corrected chi connectivity index (χ4v) is 2.76. The summed E-state index contributed by atoms with van der Waals surface area (Å²) in [4.78, 5) is 8.67. The van der Waals surface area contributed by atoms with Crippen LogP contribution in [0.25, 0.3) is 5.82 Å². The van der Waals surface area contributed by atoms with Crippen LogP contribution in [0, 0.1) is 0 Å². The average Bonchev–Trinajstić information content (AvgIpc) is 3.23. The molecule has 0 aliphatic rings. The van der Waals surface area contributed by atoms with Crippen LogP contribution >= 0.6 is 0 Å². The maximum absolute atomic E-state index is 6.06. The first-order valence-corrected chi connectivity index (χ1v) is 9.61. The fourth-order valence-electron chi connectivity index (χ4n) is 2.76. The molecule has 2 N–H and O–H groups in total. The van der Waals surface area contributed by atoms with Crippen molar-refractivity contribution in [2.45, 2.75) is 39.5 Å². The van der Waals surface area contributed by atoms with Crippen molar-refractivity contribution in [1.29, 1.82) is 0 Å². The summed E-state index contributed by atoms with van der Waals surface area (Å²) in [5.74, 6) is 2.37. The normalized spacial score (nSPS) is 11.9. The van der Waals surface area contributed by atoms with Gasteiger partial charge in [-0.3, -0.25) is 4.99 Å². The lowest BCUT2D eigenvalue weighted by molar-refractivity contribution is 0.129.